The SMILES string of the molecule is Cc1nc(SCCNC(=O)CN(C)Cc2ccc(F)cc2)n[nH]1. The predicted octanol–water partition coefficient (Wildman–Crippen LogP) is 1.59. The molecule has 0 saturated heterocycles. The molecule has 1 amide bonds. The van der Waals surface area contributed by atoms with Crippen LogP contribution in [0.4, 0.5) is 4.39 Å². The molecule has 0 aliphatic carbocycles. The van der Waals surface area contributed by atoms with Crippen molar-refractivity contribution in [2.24, 2.45) is 0 Å². The third-order valence-corrected chi connectivity index (χ3v) is 3.86. The van der Waals surface area contributed by atoms with Crippen molar-refractivity contribution in [1.82, 2.24) is 25.4 Å². The highest BCUT2D eigenvalue weighted by molar-refractivity contribution is 7.99. The zero-order valence-corrected chi connectivity index (χ0v) is 14.0. The third kappa shape index (κ3) is 6.37. The minimum atomic E-state index is -0.256. The molecular formula is C15H20FN5OS. The normalized spacial score (nSPS) is 11.0. The van der Waals surface area contributed by atoms with Gasteiger partial charge < -0.3 is 5.32 Å². The van der Waals surface area contributed by atoms with E-state index >= 15 is 0 Å². The van der Waals surface area contributed by atoms with Crippen molar-refractivity contribution in [2.45, 2.75) is 18.6 Å². The Morgan fingerprint density at radius 2 is 2.13 bits per heavy atom. The number of carbonyl (C=O) groups excluding carboxylic acids is 1. The van der Waals surface area contributed by atoms with Crippen molar-refractivity contribution in [3.05, 3.63) is 41.5 Å². The van der Waals surface area contributed by atoms with Gasteiger partial charge in [-0.3, -0.25) is 14.8 Å². The topological polar surface area (TPSA) is 73.9 Å². The summed E-state index contributed by atoms with van der Waals surface area (Å²) < 4.78 is 12.8. The predicted molar refractivity (Wildman–Crippen MR) is 87.6 cm³/mol. The number of nitrogens with one attached hydrogen (secondary N) is 2. The summed E-state index contributed by atoms with van der Waals surface area (Å²) in [5.74, 6) is 1.19. The summed E-state index contributed by atoms with van der Waals surface area (Å²) in [6, 6.07) is 6.29. The average Bonchev–Trinajstić information content (AvgIpc) is 2.91. The highest BCUT2D eigenvalue weighted by atomic mass is 32.2. The van der Waals surface area contributed by atoms with Crippen LogP contribution in [0, 0.1) is 12.7 Å². The number of benzene rings is 1. The smallest absolute Gasteiger partial charge is 0.234 e. The summed E-state index contributed by atoms with van der Waals surface area (Å²) in [5, 5.41) is 10.3. The molecule has 8 heteroatoms. The molecule has 23 heavy (non-hydrogen) atoms. The van der Waals surface area contributed by atoms with E-state index in [1.165, 1.54) is 23.9 Å². The minimum Gasteiger partial charge on any atom is -0.354 e. The quantitative estimate of drug-likeness (QED) is 0.565. The van der Waals surface area contributed by atoms with Gasteiger partial charge in [-0.1, -0.05) is 23.9 Å². The number of hydrogen-bond acceptors (Lipinski definition) is 5. The van der Waals surface area contributed by atoms with Gasteiger partial charge >= 0.3 is 0 Å². The van der Waals surface area contributed by atoms with Crippen LogP contribution in [0.1, 0.15) is 11.4 Å². The number of aryl methyl sites for hydroxylation is 1. The Kier molecular flexibility index (Phi) is 6.54. The molecule has 1 aromatic heterocycles. The summed E-state index contributed by atoms with van der Waals surface area (Å²) in [5.41, 5.74) is 0.970. The lowest BCUT2D eigenvalue weighted by molar-refractivity contribution is -0.121. The molecular weight excluding hydrogens is 317 g/mol. The first kappa shape index (κ1) is 17.4. The maximum absolute atomic E-state index is 12.8. The molecule has 0 aliphatic rings. The number of aromatic nitrogens is 3. The number of thioether (sulfide) groups is 1. The van der Waals surface area contributed by atoms with E-state index in [1.807, 2.05) is 18.9 Å². The van der Waals surface area contributed by atoms with Gasteiger partial charge in [-0.15, -0.1) is 5.10 Å². The Bertz CT molecular complexity index is 631. The molecule has 0 atom stereocenters. The van der Waals surface area contributed by atoms with Crippen LogP contribution < -0.4 is 5.32 Å². The van der Waals surface area contributed by atoms with Crippen molar-refractivity contribution in [3.8, 4) is 0 Å². The van der Waals surface area contributed by atoms with Crippen molar-refractivity contribution in [1.29, 1.82) is 0 Å². The molecule has 0 saturated carbocycles. The van der Waals surface area contributed by atoms with Crippen molar-refractivity contribution >= 4 is 17.7 Å². The Morgan fingerprint density at radius 1 is 1.39 bits per heavy atom. The summed E-state index contributed by atoms with van der Waals surface area (Å²) in [4.78, 5) is 17.9. The van der Waals surface area contributed by atoms with Crippen molar-refractivity contribution < 1.29 is 9.18 Å². The van der Waals surface area contributed by atoms with Gasteiger partial charge in [0.25, 0.3) is 0 Å². The van der Waals surface area contributed by atoms with Gasteiger partial charge in [0.1, 0.15) is 11.6 Å². The van der Waals surface area contributed by atoms with E-state index in [1.54, 1.807) is 12.1 Å². The zero-order chi connectivity index (χ0) is 16.7. The molecule has 1 heterocycles. The first-order valence-electron chi connectivity index (χ1n) is 7.24. The molecule has 2 aromatic rings. The van der Waals surface area contributed by atoms with Gasteiger partial charge in [0.05, 0.1) is 6.54 Å². The summed E-state index contributed by atoms with van der Waals surface area (Å²) in [7, 11) is 1.86. The van der Waals surface area contributed by atoms with Crippen LogP contribution in [-0.4, -0.2) is 51.9 Å². The van der Waals surface area contributed by atoms with Gasteiger partial charge in [-0.25, -0.2) is 9.37 Å². The number of amides is 1. The Morgan fingerprint density at radius 3 is 2.78 bits per heavy atom. The van der Waals surface area contributed by atoms with E-state index in [9.17, 15) is 9.18 Å². The molecule has 2 N–H and O–H groups in total. The number of halogens is 1. The van der Waals surface area contributed by atoms with Crippen LogP contribution in [0.15, 0.2) is 29.4 Å². The number of nitrogens with zero attached hydrogens (tertiary/aromatic N) is 3. The fourth-order valence-electron chi connectivity index (χ4n) is 1.98. The molecule has 2 rings (SSSR count). The monoisotopic (exact) mass is 337 g/mol. The van der Waals surface area contributed by atoms with E-state index < -0.39 is 0 Å². The molecule has 0 unspecified atom stereocenters. The van der Waals surface area contributed by atoms with Crippen LogP contribution in [0.5, 0.6) is 0 Å². The lowest BCUT2D eigenvalue weighted by atomic mass is 10.2. The summed E-state index contributed by atoms with van der Waals surface area (Å²) >= 11 is 1.49. The standard InChI is InChI=1S/C15H20FN5OS/c1-11-18-15(20-19-11)23-8-7-17-14(22)10-21(2)9-12-3-5-13(16)6-4-12/h3-6H,7-10H2,1-2H3,(H,17,22)(H,18,19,20). The van der Waals surface area contributed by atoms with Gasteiger partial charge in [-0.05, 0) is 31.7 Å². The summed E-state index contributed by atoms with van der Waals surface area (Å²) in [6.45, 7) is 3.29. The summed E-state index contributed by atoms with van der Waals surface area (Å²) in [6.07, 6.45) is 0. The number of carbonyl (C=O) groups is 1. The Labute approximate surface area is 138 Å². The molecule has 6 nitrogen and oxygen atoms in total. The van der Waals surface area contributed by atoms with Crippen molar-refractivity contribution in [2.75, 3.05) is 25.9 Å². The van der Waals surface area contributed by atoms with Gasteiger partial charge in [0.15, 0.2) is 0 Å². The van der Waals surface area contributed by atoms with E-state index in [0.29, 0.717) is 30.5 Å². The van der Waals surface area contributed by atoms with Crippen LogP contribution in [0.25, 0.3) is 0 Å². The fraction of sp³-hybridized carbons (Fsp3) is 0.400. The van der Waals surface area contributed by atoms with E-state index in [0.717, 1.165) is 11.4 Å². The van der Waals surface area contributed by atoms with E-state index in [-0.39, 0.29) is 11.7 Å². The maximum Gasteiger partial charge on any atom is 0.234 e. The second-order valence-corrected chi connectivity index (χ2v) is 6.26. The van der Waals surface area contributed by atoms with E-state index in [4.69, 9.17) is 0 Å². The highest BCUT2D eigenvalue weighted by Gasteiger charge is 2.07. The Balaban J connectivity index is 1.62. The molecule has 0 fully saturated rings. The fourth-order valence-corrected chi connectivity index (χ4v) is 2.68. The molecule has 0 aliphatic heterocycles. The van der Waals surface area contributed by atoms with Gasteiger partial charge in [0, 0.05) is 18.8 Å². The molecule has 124 valence electrons. The van der Waals surface area contributed by atoms with Crippen LogP contribution in [0.3, 0.4) is 0 Å². The number of hydrogen-bond donors (Lipinski definition) is 2. The Hall–Kier alpha value is -1.93. The van der Waals surface area contributed by atoms with Gasteiger partial charge in [-0.2, -0.15) is 0 Å². The van der Waals surface area contributed by atoms with Crippen LogP contribution in [-0.2, 0) is 11.3 Å². The number of aromatic amines is 1. The van der Waals surface area contributed by atoms with E-state index in [2.05, 4.69) is 20.5 Å². The first-order chi connectivity index (χ1) is 11.0. The molecule has 1 aromatic carbocycles. The van der Waals surface area contributed by atoms with Crippen LogP contribution >= 0.6 is 11.8 Å². The van der Waals surface area contributed by atoms with Gasteiger partial charge in [0.2, 0.25) is 11.1 Å². The largest absolute Gasteiger partial charge is 0.354 e. The third-order valence-electron chi connectivity index (χ3n) is 3.01. The lowest BCUT2D eigenvalue weighted by Gasteiger charge is -2.16. The highest BCUT2D eigenvalue weighted by Crippen LogP contribution is 2.10. The zero-order valence-electron chi connectivity index (χ0n) is 13.2. The van der Waals surface area contributed by atoms with Crippen molar-refractivity contribution in [3.63, 3.8) is 0 Å². The number of rotatable bonds is 8. The number of H-pyrrole nitrogens is 1. The minimum absolute atomic E-state index is 0.0404. The van der Waals surface area contributed by atoms with Crippen LogP contribution in [0.2, 0.25) is 0 Å². The first-order valence-corrected chi connectivity index (χ1v) is 8.23. The molecule has 0 radical (unpaired) electrons. The molecule has 0 spiro atoms. The maximum atomic E-state index is 12.8. The lowest BCUT2D eigenvalue weighted by Crippen LogP contribution is -2.35. The second kappa shape index (κ2) is 8.64. The average molecular weight is 337 g/mol. The molecule has 0 bridgehead atoms. The number of likely N-dealkylation sites (N-methyl/N-ethyl adjacent to an activating group) is 1. The second-order valence-electron chi connectivity index (χ2n) is 5.20.